The highest BCUT2D eigenvalue weighted by atomic mass is 28.4. The molecule has 2 aromatic carbocycles. The van der Waals surface area contributed by atoms with E-state index in [4.69, 9.17) is 18.9 Å². The van der Waals surface area contributed by atoms with Gasteiger partial charge in [-0.15, -0.1) is 0 Å². The van der Waals surface area contributed by atoms with E-state index < -0.39 is 8.32 Å². The summed E-state index contributed by atoms with van der Waals surface area (Å²) in [5, 5.41) is 3.88. The summed E-state index contributed by atoms with van der Waals surface area (Å²) in [5.41, 5.74) is 3.56. The number of benzene rings is 2. The number of aromatic nitrogens is 1. The maximum atomic E-state index is 6.38. The van der Waals surface area contributed by atoms with Crippen LogP contribution in [0.5, 0.6) is 11.5 Å². The van der Waals surface area contributed by atoms with E-state index in [1.807, 2.05) is 36.5 Å². The number of nitrogens with zero attached hydrogens (tertiary/aromatic N) is 2. The Morgan fingerprint density at radius 2 is 1.39 bits per heavy atom. The minimum Gasteiger partial charge on any atom is -0.497 e. The number of hydrogen-bond donors (Lipinski definition) is 1. The summed E-state index contributed by atoms with van der Waals surface area (Å²) >= 11 is 0. The van der Waals surface area contributed by atoms with Crippen LogP contribution in [0.2, 0.25) is 18.1 Å². The Bertz CT molecular complexity index is 1080. The van der Waals surface area contributed by atoms with Crippen molar-refractivity contribution in [3.05, 3.63) is 83.6 Å². The molecule has 0 saturated heterocycles. The summed E-state index contributed by atoms with van der Waals surface area (Å²) in [5.74, 6) is 2.68. The molecule has 0 radical (unpaired) electrons. The second-order valence-corrected chi connectivity index (χ2v) is 16.1. The predicted molar refractivity (Wildman–Crippen MR) is 160 cm³/mol. The van der Waals surface area contributed by atoms with E-state index in [2.05, 4.69) is 81.3 Å². The Labute approximate surface area is 230 Å². The number of nitrogens with one attached hydrogen (secondary N) is 1. The minimum atomic E-state index is -1.76. The third-order valence-electron chi connectivity index (χ3n) is 7.47. The van der Waals surface area contributed by atoms with Crippen molar-refractivity contribution in [1.82, 2.24) is 10.3 Å². The third kappa shape index (κ3) is 8.06. The zero-order valence-corrected chi connectivity index (χ0v) is 25.4. The fraction of sp³-hybridized carbons (Fsp3) is 0.452. The van der Waals surface area contributed by atoms with E-state index in [0.717, 1.165) is 37.0 Å². The molecule has 1 atom stereocenters. The molecule has 206 valence electrons. The van der Waals surface area contributed by atoms with Gasteiger partial charge < -0.3 is 24.1 Å². The number of methoxy groups -OCH3 is 2. The molecule has 0 saturated carbocycles. The van der Waals surface area contributed by atoms with Crippen LogP contribution in [0.3, 0.4) is 0 Å². The summed E-state index contributed by atoms with van der Waals surface area (Å²) in [6.45, 7) is 16.6. The summed E-state index contributed by atoms with van der Waals surface area (Å²) in [7, 11) is 1.62. The molecule has 1 aromatic heterocycles. The lowest BCUT2D eigenvalue weighted by Crippen LogP contribution is -2.42. The number of anilines is 1. The average molecular weight is 536 g/mol. The van der Waals surface area contributed by atoms with E-state index in [1.54, 1.807) is 14.2 Å². The van der Waals surface area contributed by atoms with Gasteiger partial charge in [0.2, 0.25) is 0 Å². The van der Waals surface area contributed by atoms with Crippen molar-refractivity contribution in [1.29, 1.82) is 0 Å². The largest absolute Gasteiger partial charge is 0.497 e. The first-order chi connectivity index (χ1) is 18.0. The Kier molecular flexibility index (Phi) is 10.4. The lowest BCUT2D eigenvalue weighted by atomic mass is 10.1. The van der Waals surface area contributed by atoms with Crippen molar-refractivity contribution < 1.29 is 13.9 Å². The molecule has 0 aliphatic rings. The van der Waals surface area contributed by atoms with Crippen LogP contribution < -0.4 is 19.7 Å². The van der Waals surface area contributed by atoms with Crippen LogP contribution >= 0.6 is 0 Å². The van der Waals surface area contributed by atoms with Gasteiger partial charge in [0.15, 0.2) is 8.32 Å². The van der Waals surface area contributed by atoms with E-state index in [9.17, 15) is 0 Å². The SMILES string of the molecule is COc1ccc(CN(Cc2ccc(OC)cc2)c2ncccc2C(C)NCCO[Si](C)(C)C(C)(C)C)cc1. The van der Waals surface area contributed by atoms with Gasteiger partial charge in [0.05, 0.1) is 14.2 Å². The summed E-state index contributed by atoms with van der Waals surface area (Å²) < 4.78 is 17.1. The van der Waals surface area contributed by atoms with Gasteiger partial charge in [0.1, 0.15) is 17.3 Å². The Morgan fingerprint density at radius 1 is 0.868 bits per heavy atom. The molecule has 0 amide bonds. The maximum absolute atomic E-state index is 6.38. The number of pyridine rings is 1. The maximum Gasteiger partial charge on any atom is 0.192 e. The summed E-state index contributed by atoms with van der Waals surface area (Å²) in [6, 6.07) is 20.8. The van der Waals surface area contributed by atoms with Crippen LogP contribution in [0, 0.1) is 0 Å². The standard InChI is InChI=1S/C31H45N3O3Si/c1-24(32-20-21-37-38(7,8)31(2,3)4)29-10-9-19-33-30(29)34(22-25-11-15-27(35-5)16-12-25)23-26-13-17-28(36-6)18-14-26/h9-19,24,32H,20-23H2,1-8H3. The molecule has 3 aromatic rings. The average Bonchev–Trinajstić information content (AvgIpc) is 2.91. The van der Waals surface area contributed by atoms with Crippen LogP contribution in [-0.2, 0) is 17.5 Å². The van der Waals surface area contributed by atoms with Gasteiger partial charge in [-0.05, 0) is 66.5 Å². The molecule has 1 unspecified atom stereocenters. The molecule has 0 bridgehead atoms. The first-order valence-corrected chi connectivity index (χ1v) is 16.3. The third-order valence-corrected chi connectivity index (χ3v) is 12.0. The lowest BCUT2D eigenvalue weighted by Gasteiger charge is -2.36. The summed E-state index contributed by atoms with van der Waals surface area (Å²) in [6.07, 6.45) is 1.88. The smallest absolute Gasteiger partial charge is 0.192 e. The van der Waals surface area contributed by atoms with Gasteiger partial charge >= 0.3 is 0 Å². The van der Waals surface area contributed by atoms with E-state index in [-0.39, 0.29) is 11.1 Å². The van der Waals surface area contributed by atoms with Gasteiger partial charge in [-0.1, -0.05) is 51.1 Å². The molecule has 38 heavy (non-hydrogen) atoms. The van der Waals surface area contributed by atoms with Gasteiger partial charge in [0, 0.05) is 44.0 Å². The zero-order valence-electron chi connectivity index (χ0n) is 24.4. The van der Waals surface area contributed by atoms with Gasteiger partial charge in [-0.2, -0.15) is 0 Å². The van der Waals surface area contributed by atoms with E-state index >= 15 is 0 Å². The number of hydrogen-bond acceptors (Lipinski definition) is 6. The van der Waals surface area contributed by atoms with E-state index in [0.29, 0.717) is 6.61 Å². The molecule has 0 spiro atoms. The van der Waals surface area contributed by atoms with Crippen LogP contribution in [0.1, 0.15) is 50.4 Å². The van der Waals surface area contributed by atoms with Gasteiger partial charge in [-0.3, -0.25) is 0 Å². The molecule has 0 fully saturated rings. The Balaban J connectivity index is 1.80. The van der Waals surface area contributed by atoms with Crippen molar-refractivity contribution in [2.45, 2.75) is 65.0 Å². The van der Waals surface area contributed by atoms with Crippen molar-refractivity contribution in [2.24, 2.45) is 0 Å². The Hall–Kier alpha value is -2.87. The topological polar surface area (TPSA) is 55.9 Å². The van der Waals surface area contributed by atoms with Gasteiger partial charge in [-0.25, -0.2) is 4.98 Å². The first-order valence-electron chi connectivity index (χ1n) is 13.4. The fourth-order valence-corrected chi connectivity index (χ4v) is 5.07. The molecular formula is C31H45N3O3Si. The summed E-state index contributed by atoms with van der Waals surface area (Å²) in [4.78, 5) is 7.21. The van der Waals surface area contributed by atoms with Crippen molar-refractivity contribution >= 4 is 14.1 Å². The minimum absolute atomic E-state index is 0.121. The lowest BCUT2D eigenvalue weighted by molar-refractivity contribution is 0.281. The normalized spacial score (nSPS) is 12.7. The zero-order chi connectivity index (χ0) is 27.8. The predicted octanol–water partition coefficient (Wildman–Crippen LogP) is 6.98. The first kappa shape index (κ1) is 29.7. The second kappa shape index (κ2) is 13.3. The van der Waals surface area contributed by atoms with Crippen LogP contribution in [-0.4, -0.2) is 40.7 Å². The van der Waals surface area contributed by atoms with Crippen molar-refractivity contribution in [3.8, 4) is 11.5 Å². The molecule has 1 heterocycles. The monoisotopic (exact) mass is 535 g/mol. The molecular weight excluding hydrogens is 490 g/mol. The fourth-order valence-electron chi connectivity index (χ4n) is 4.03. The second-order valence-electron chi connectivity index (χ2n) is 11.3. The van der Waals surface area contributed by atoms with Gasteiger partial charge in [0.25, 0.3) is 0 Å². The van der Waals surface area contributed by atoms with E-state index in [1.165, 1.54) is 16.7 Å². The highest BCUT2D eigenvalue weighted by Crippen LogP contribution is 2.36. The molecule has 6 nitrogen and oxygen atoms in total. The van der Waals surface area contributed by atoms with Crippen molar-refractivity contribution in [2.75, 3.05) is 32.3 Å². The highest BCUT2D eigenvalue weighted by Gasteiger charge is 2.36. The molecule has 3 rings (SSSR count). The number of ether oxygens (including phenoxy) is 2. The molecule has 7 heteroatoms. The Morgan fingerprint density at radius 3 is 1.87 bits per heavy atom. The van der Waals surface area contributed by atoms with Crippen molar-refractivity contribution in [3.63, 3.8) is 0 Å². The van der Waals surface area contributed by atoms with Crippen LogP contribution in [0.25, 0.3) is 0 Å². The molecule has 0 aliphatic carbocycles. The highest BCUT2D eigenvalue weighted by molar-refractivity contribution is 6.74. The molecule has 1 N–H and O–H groups in total. The molecule has 0 aliphatic heterocycles. The number of rotatable bonds is 13. The van der Waals surface area contributed by atoms with Crippen LogP contribution in [0.15, 0.2) is 66.9 Å². The van der Waals surface area contributed by atoms with Crippen LogP contribution in [0.4, 0.5) is 5.82 Å². The quantitative estimate of drug-likeness (QED) is 0.188.